The van der Waals surface area contributed by atoms with Crippen molar-refractivity contribution in [3.63, 3.8) is 0 Å². The van der Waals surface area contributed by atoms with E-state index in [0.717, 1.165) is 5.56 Å². The first-order chi connectivity index (χ1) is 16.3. The highest BCUT2D eigenvalue weighted by Gasteiger charge is 2.52. The predicted molar refractivity (Wildman–Crippen MR) is 120 cm³/mol. The summed E-state index contributed by atoms with van der Waals surface area (Å²) in [5.74, 6) is 1.03. The summed E-state index contributed by atoms with van der Waals surface area (Å²) in [5, 5.41) is 37.9. The number of hydrogen-bond donors (Lipinski definition) is 2. The summed E-state index contributed by atoms with van der Waals surface area (Å²) in [5.41, 5.74) is 0.608. The van der Waals surface area contributed by atoms with Crippen molar-refractivity contribution in [1.82, 2.24) is 20.2 Å². The Morgan fingerprint density at radius 3 is 2.68 bits per heavy atom. The molecule has 2 aromatic carbocycles. The number of nitro groups is 1. The van der Waals surface area contributed by atoms with E-state index in [9.17, 15) is 15.2 Å². The van der Waals surface area contributed by atoms with Crippen molar-refractivity contribution >= 4 is 11.4 Å². The Hall–Kier alpha value is -3.61. The molecule has 0 spiro atoms. The molecular formula is C22H26N6O6. The molecule has 0 unspecified atom stereocenters. The maximum absolute atomic E-state index is 11.5. The van der Waals surface area contributed by atoms with Crippen molar-refractivity contribution in [2.45, 2.75) is 37.4 Å². The van der Waals surface area contributed by atoms with E-state index < -0.39 is 29.0 Å². The van der Waals surface area contributed by atoms with Gasteiger partial charge in [0.1, 0.15) is 11.9 Å². The van der Waals surface area contributed by atoms with E-state index in [1.165, 1.54) is 32.4 Å². The Balaban J connectivity index is 1.78. The summed E-state index contributed by atoms with van der Waals surface area (Å²) in [6.45, 7) is 1.67. The van der Waals surface area contributed by atoms with Gasteiger partial charge < -0.3 is 24.6 Å². The van der Waals surface area contributed by atoms with Crippen LogP contribution in [0.25, 0.3) is 0 Å². The Bertz CT molecular complexity index is 1180. The van der Waals surface area contributed by atoms with Gasteiger partial charge in [-0.3, -0.25) is 10.1 Å². The van der Waals surface area contributed by atoms with Crippen molar-refractivity contribution in [2.24, 2.45) is 7.05 Å². The first-order valence-corrected chi connectivity index (χ1v) is 10.5. The number of nitrogens with zero attached hydrogens (tertiary/aromatic N) is 5. The number of methoxy groups -OCH3 is 2. The average molecular weight is 470 g/mol. The molecule has 3 atom stereocenters. The number of anilines is 1. The quantitative estimate of drug-likeness (QED) is 0.285. The molecule has 12 nitrogen and oxygen atoms in total. The smallest absolute Gasteiger partial charge is 0.270 e. The van der Waals surface area contributed by atoms with Crippen molar-refractivity contribution in [3.8, 4) is 5.75 Å². The SMILES string of the molecule is COC(OC)[C@@]1(C)Oc2ccc([N+](=O)[O-])cc2[C@@H](Nc2ccccc2Cc2nnnn2C)[C@@H]1O. The lowest BCUT2D eigenvalue weighted by molar-refractivity contribution is -0.385. The number of nitrogens with one attached hydrogen (secondary N) is 1. The predicted octanol–water partition coefficient (Wildman–Crippen LogP) is 1.99. The summed E-state index contributed by atoms with van der Waals surface area (Å²) < 4.78 is 18.6. The molecule has 0 fully saturated rings. The van der Waals surface area contributed by atoms with Gasteiger partial charge in [-0.2, -0.15) is 0 Å². The minimum absolute atomic E-state index is 0.113. The van der Waals surface area contributed by atoms with Crippen LogP contribution in [0.15, 0.2) is 42.5 Å². The molecular weight excluding hydrogens is 444 g/mol. The Morgan fingerprint density at radius 1 is 1.29 bits per heavy atom. The minimum atomic E-state index is -1.31. The molecule has 1 aromatic heterocycles. The van der Waals surface area contributed by atoms with Crippen molar-refractivity contribution in [3.05, 3.63) is 69.5 Å². The topological polar surface area (TPSA) is 147 Å². The number of hydrogen-bond acceptors (Lipinski definition) is 10. The number of aliphatic hydroxyl groups excluding tert-OH is 1. The second-order valence-corrected chi connectivity index (χ2v) is 8.19. The van der Waals surface area contributed by atoms with E-state index in [-0.39, 0.29) is 5.69 Å². The summed E-state index contributed by atoms with van der Waals surface area (Å²) in [4.78, 5) is 11.0. The highest BCUT2D eigenvalue weighted by molar-refractivity contribution is 5.57. The molecule has 0 aliphatic carbocycles. The summed E-state index contributed by atoms with van der Waals surface area (Å²) in [7, 11) is 4.66. The molecule has 0 saturated carbocycles. The van der Waals surface area contributed by atoms with Crippen LogP contribution in [-0.2, 0) is 22.9 Å². The van der Waals surface area contributed by atoms with Crippen LogP contribution in [0.2, 0.25) is 0 Å². The number of rotatable bonds is 8. The van der Waals surface area contributed by atoms with E-state index >= 15 is 0 Å². The third kappa shape index (κ3) is 4.18. The zero-order chi connectivity index (χ0) is 24.5. The standard InChI is InChI=1S/C22H26N6O6/c1-22(21(32-3)33-4)20(29)19(15-12-14(28(30)31)9-10-17(15)34-22)23-16-8-6-5-7-13(16)11-18-24-25-26-27(18)2/h5-10,12,19-21,23,29H,11H2,1-4H3/t19-,20+,22+/m1/s1. The number of aryl methyl sites for hydroxylation is 1. The van der Waals surface area contributed by atoms with Crippen LogP contribution in [0.3, 0.4) is 0 Å². The van der Waals surface area contributed by atoms with Gasteiger partial charge in [-0.05, 0) is 35.0 Å². The molecule has 3 aromatic rings. The van der Waals surface area contributed by atoms with Crippen LogP contribution in [0, 0.1) is 10.1 Å². The van der Waals surface area contributed by atoms with Gasteiger partial charge in [-0.25, -0.2) is 4.68 Å². The van der Waals surface area contributed by atoms with Gasteiger partial charge in [0.15, 0.2) is 17.7 Å². The largest absolute Gasteiger partial charge is 0.479 e. The van der Waals surface area contributed by atoms with Crippen LogP contribution < -0.4 is 10.1 Å². The molecule has 4 rings (SSSR count). The lowest BCUT2D eigenvalue weighted by Gasteiger charge is -2.47. The number of nitro benzene ring substituents is 1. The zero-order valence-electron chi connectivity index (χ0n) is 19.2. The van der Waals surface area contributed by atoms with Gasteiger partial charge in [-0.15, -0.1) is 5.10 Å². The number of tetrazole rings is 1. The van der Waals surface area contributed by atoms with E-state index in [0.29, 0.717) is 29.2 Å². The summed E-state index contributed by atoms with van der Waals surface area (Å²) >= 11 is 0. The van der Waals surface area contributed by atoms with Crippen LogP contribution in [0.5, 0.6) is 5.75 Å². The third-order valence-electron chi connectivity index (χ3n) is 6.05. The number of benzene rings is 2. The number of fused-ring (bicyclic) bond motifs is 1. The summed E-state index contributed by atoms with van der Waals surface area (Å²) in [6.07, 6.45) is -1.67. The first-order valence-electron chi connectivity index (χ1n) is 10.5. The van der Waals surface area contributed by atoms with Crippen LogP contribution in [0.1, 0.15) is 29.9 Å². The molecule has 1 aliphatic rings. The van der Waals surface area contributed by atoms with E-state index in [1.807, 2.05) is 24.3 Å². The third-order valence-corrected chi connectivity index (χ3v) is 6.05. The summed E-state index contributed by atoms with van der Waals surface area (Å²) in [6, 6.07) is 11.0. The molecule has 0 amide bonds. The normalized spacial score (nSPS) is 21.7. The number of non-ortho nitro benzene ring substituents is 1. The monoisotopic (exact) mass is 470 g/mol. The average Bonchev–Trinajstić information content (AvgIpc) is 3.22. The zero-order valence-corrected chi connectivity index (χ0v) is 19.2. The van der Waals surface area contributed by atoms with Crippen LogP contribution in [0.4, 0.5) is 11.4 Å². The molecule has 0 bridgehead atoms. The fourth-order valence-corrected chi connectivity index (χ4v) is 4.24. The van der Waals surface area contributed by atoms with Crippen molar-refractivity contribution in [1.29, 1.82) is 0 Å². The second-order valence-electron chi connectivity index (χ2n) is 8.19. The van der Waals surface area contributed by atoms with E-state index in [1.54, 1.807) is 18.7 Å². The molecule has 2 heterocycles. The van der Waals surface area contributed by atoms with Gasteiger partial charge in [0.25, 0.3) is 5.69 Å². The molecule has 0 radical (unpaired) electrons. The van der Waals surface area contributed by atoms with Gasteiger partial charge in [0.2, 0.25) is 0 Å². The van der Waals surface area contributed by atoms with Gasteiger partial charge in [0.05, 0.1) is 11.0 Å². The Morgan fingerprint density at radius 2 is 2.03 bits per heavy atom. The Kier molecular flexibility index (Phi) is 6.46. The number of ether oxygens (including phenoxy) is 3. The van der Waals surface area contributed by atoms with Crippen LogP contribution in [-0.4, -0.2) is 62.5 Å². The second kappa shape index (κ2) is 9.33. The molecule has 2 N–H and O–H groups in total. The van der Waals surface area contributed by atoms with E-state index in [4.69, 9.17) is 14.2 Å². The molecule has 0 saturated heterocycles. The molecule has 180 valence electrons. The molecule has 34 heavy (non-hydrogen) atoms. The lowest BCUT2D eigenvalue weighted by atomic mass is 9.84. The highest BCUT2D eigenvalue weighted by Crippen LogP contribution is 2.45. The Labute approximate surface area is 195 Å². The molecule has 12 heteroatoms. The minimum Gasteiger partial charge on any atom is -0.479 e. The van der Waals surface area contributed by atoms with Crippen LogP contribution >= 0.6 is 0 Å². The number of para-hydroxylation sites is 1. The fraction of sp³-hybridized carbons (Fsp3) is 0.409. The maximum Gasteiger partial charge on any atom is 0.270 e. The van der Waals surface area contributed by atoms with Crippen molar-refractivity contribution in [2.75, 3.05) is 19.5 Å². The number of aliphatic hydroxyl groups is 1. The molecule has 1 aliphatic heterocycles. The lowest BCUT2D eigenvalue weighted by Crippen LogP contribution is -2.60. The van der Waals surface area contributed by atoms with E-state index in [2.05, 4.69) is 20.8 Å². The van der Waals surface area contributed by atoms with Gasteiger partial charge in [-0.1, -0.05) is 18.2 Å². The van der Waals surface area contributed by atoms with Gasteiger partial charge >= 0.3 is 0 Å². The van der Waals surface area contributed by atoms with Crippen molar-refractivity contribution < 1.29 is 24.2 Å². The first kappa shape index (κ1) is 23.5. The fourth-order valence-electron chi connectivity index (χ4n) is 4.24. The highest BCUT2D eigenvalue weighted by atomic mass is 16.7. The van der Waals surface area contributed by atoms with Gasteiger partial charge in [0, 0.05) is 51.1 Å². The number of aromatic nitrogens is 4. The maximum atomic E-state index is 11.5.